The molecule has 17 heavy (non-hydrogen) atoms. The van der Waals surface area contributed by atoms with Gasteiger partial charge in [-0.2, -0.15) is 0 Å². The van der Waals surface area contributed by atoms with E-state index < -0.39 is 12.9 Å². The van der Waals surface area contributed by atoms with Gasteiger partial charge in [0.15, 0.2) is 6.79 Å². The molecule has 0 heterocycles. The number of hydrogen-bond donors (Lipinski definition) is 2. The van der Waals surface area contributed by atoms with E-state index in [-0.39, 0.29) is 12.3 Å². The lowest BCUT2D eigenvalue weighted by atomic mass is 9.80. The second-order valence-electron chi connectivity index (χ2n) is 4.13. The molecule has 1 aliphatic carbocycles. The second kappa shape index (κ2) is 5.49. The molecule has 0 amide bonds. The molecule has 92 valence electrons. The third-order valence-electron chi connectivity index (χ3n) is 2.61. The van der Waals surface area contributed by atoms with Crippen molar-refractivity contribution in [1.82, 2.24) is 0 Å². The van der Waals surface area contributed by atoms with Gasteiger partial charge in [-0.3, -0.25) is 0 Å². The Morgan fingerprint density at radius 3 is 2.71 bits per heavy atom. The number of ether oxygens (including phenoxy) is 2. The first-order valence-electron chi connectivity index (χ1n) is 5.53. The summed E-state index contributed by atoms with van der Waals surface area (Å²) < 4.78 is 23.7. The Hall–Kier alpha value is -1.11. The number of benzene rings is 1. The van der Waals surface area contributed by atoms with Crippen molar-refractivity contribution in [2.45, 2.75) is 12.8 Å². The Kier molecular flexibility index (Phi) is 3.99. The largest absolute Gasteiger partial charge is 0.491 e. The van der Waals surface area contributed by atoms with Gasteiger partial charge < -0.3 is 19.5 Å². The monoisotopic (exact) mass is 240 g/mol. The topological polar surface area (TPSA) is 58.9 Å². The van der Waals surface area contributed by atoms with Crippen LogP contribution in [0.3, 0.4) is 0 Å². The van der Waals surface area contributed by atoms with Crippen molar-refractivity contribution >= 4 is 12.6 Å². The molecule has 1 fully saturated rings. The molecule has 6 heteroatoms. The summed E-state index contributed by atoms with van der Waals surface area (Å²) in [6.45, 7) is 0.757. The molecule has 0 saturated heterocycles. The molecule has 2 N–H and O–H groups in total. The van der Waals surface area contributed by atoms with E-state index in [1.807, 2.05) is 0 Å². The van der Waals surface area contributed by atoms with Crippen LogP contribution in [0.15, 0.2) is 18.2 Å². The molecule has 2 rings (SSSR count). The van der Waals surface area contributed by atoms with Crippen molar-refractivity contribution < 1.29 is 23.9 Å². The number of rotatable bonds is 6. The first kappa shape index (κ1) is 12.4. The highest BCUT2D eigenvalue weighted by molar-refractivity contribution is 6.58. The maximum atomic E-state index is 13.3. The van der Waals surface area contributed by atoms with Crippen LogP contribution in [0, 0.1) is 11.7 Å². The molecule has 0 radical (unpaired) electrons. The van der Waals surface area contributed by atoms with Crippen molar-refractivity contribution in [2.24, 2.45) is 5.92 Å². The predicted octanol–water partition coefficient (Wildman–Crippen LogP) is 0.268. The minimum atomic E-state index is -1.81. The molecule has 1 aromatic carbocycles. The zero-order valence-corrected chi connectivity index (χ0v) is 9.30. The van der Waals surface area contributed by atoms with Crippen LogP contribution in [0.5, 0.6) is 5.75 Å². The minimum absolute atomic E-state index is 0.0803. The summed E-state index contributed by atoms with van der Waals surface area (Å²) in [6, 6.07) is 3.85. The summed E-state index contributed by atoms with van der Waals surface area (Å²) in [5.74, 6) is 0.254. The van der Waals surface area contributed by atoms with Crippen LogP contribution in [0.2, 0.25) is 0 Å². The first-order valence-corrected chi connectivity index (χ1v) is 5.53. The van der Waals surface area contributed by atoms with E-state index in [2.05, 4.69) is 0 Å². The molecule has 0 bridgehead atoms. The summed E-state index contributed by atoms with van der Waals surface area (Å²) in [7, 11) is -1.81. The Labute approximate surface area is 99.1 Å². The molecule has 1 aromatic rings. The van der Waals surface area contributed by atoms with Gasteiger partial charge in [-0.1, -0.05) is 6.07 Å². The SMILES string of the molecule is OB(O)c1ccc(OCOCC2CC2)cc1F. The van der Waals surface area contributed by atoms with E-state index in [1.54, 1.807) is 0 Å². The molecule has 0 aromatic heterocycles. The van der Waals surface area contributed by atoms with E-state index >= 15 is 0 Å². The molecule has 1 saturated carbocycles. The van der Waals surface area contributed by atoms with Gasteiger partial charge in [0, 0.05) is 11.5 Å². The van der Waals surface area contributed by atoms with Crippen molar-refractivity contribution in [3.05, 3.63) is 24.0 Å². The molecular weight excluding hydrogens is 226 g/mol. The Morgan fingerprint density at radius 2 is 2.12 bits per heavy atom. The Bertz CT molecular complexity index is 382. The lowest BCUT2D eigenvalue weighted by Gasteiger charge is -2.08. The fraction of sp³-hybridized carbons (Fsp3) is 0.455. The van der Waals surface area contributed by atoms with E-state index in [9.17, 15) is 4.39 Å². The fourth-order valence-corrected chi connectivity index (χ4v) is 1.42. The summed E-state index contributed by atoms with van der Waals surface area (Å²) in [4.78, 5) is 0. The standard InChI is InChI=1S/C11H14BFO4/c13-11-5-9(3-4-10(11)12(14)15)17-7-16-6-8-1-2-8/h3-5,8,14-15H,1-2,6-7H2. The molecule has 1 aliphatic rings. The van der Waals surface area contributed by atoms with E-state index in [0.717, 1.165) is 6.07 Å². The zero-order chi connectivity index (χ0) is 12.3. The molecular formula is C11H14BFO4. The van der Waals surface area contributed by atoms with Crippen LogP contribution >= 0.6 is 0 Å². The quantitative estimate of drug-likeness (QED) is 0.425. The van der Waals surface area contributed by atoms with Crippen molar-refractivity contribution in [1.29, 1.82) is 0 Å². The summed E-state index contributed by atoms with van der Waals surface area (Å²) in [5, 5.41) is 17.7. The second-order valence-corrected chi connectivity index (χ2v) is 4.13. The molecule has 0 unspecified atom stereocenters. The van der Waals surface area contributed by atoms with Crippen LogP contribution in [-0.4, -0.2) is 30.6 Å². The first-order chi connectivity index (χ1) is 8.16. The highest BCUT2D eigenvalue weighted by atomic mass is 19.1. The highest BCUT2D eigenvalue weighted by Crippen LogP contribution is 2.28. The predicted molar refractivity (Wildman–Crippen MR) is 60.4 cm³/mol. The Morgan fingerprint density at radius 1 is 1.35 bits per heavy atom. The minimum Gasteiger partial charge on any atom is -0.467 e. The fourth-order valence-electron chi connectivity index (χ4n) is 1.42. The molecule has 0 atom stereocenters. The van der Waals surface area contributed by atoms with E-state index in [0.29, 0.717) is 18.3 Å². The van der Waals surface area contributed by atoms with Crippen molar-refractivity contribution in [3.63, 3.8) is 0 Å². The van der Waals surface area contributed by atoms with Crippen molar-refractivity contribution in [2.75, 3.05) is 13.4 Å². The third kappa shape index (κ3) is 3.69. The maximum Gasteiger partial charge on any atom is 0.491 e. The molecule has 0 aliphatic heterocycles. The highest BCUT2D eigenvalue weighted by Gasteiger charge is 2.21. The van der Waals surface area contributed by atoms with Gasteiger partial charge in [-0.25, -0.2) is 4.39 Å². The Balaban J connectivity index is 1.81. The lowest BCUT2D eigenvalue weighted by Crippen LogP contribution is -2.32. The van der Waals surface area contributed by atoms with Gasteiger partial charge in [-0.15, -0.1) is 0 Å². The van der Waals surface area contributed by atoms with Crippen molar-refractivity contribution in [3.8, 4) is 5.75 Å². The summed E-state index contributed by atoms with van der Waals surface area (Å²) in [5.41, 5.74) is -0.170. The van der Waals surface area contributed by atoms with E-state index in [4.69, 9.17) is 19.5 Å². The van der Waals surface area contributed by atoms with Gasteiger partial charge in [-0.05, 0) is 24.8 Å². The number of hydrogen-bond acceptors (Lipinski definition) is 4. The molecule has 0 spiro atoms. The number of halogens is 1. The van der Waals surface area contributed by atoms with Gasteiger partial charge in [0.2, 0.25) is 0 Å². The van der Waals surface area contributed by atoms with Crippen LogP contribution < -0.4 is 10.2 Å². The van der Waals surface area contributed by atoms with Gasteiger partial charge in [0.25, 0.3) is 0 Å². The normalized spacial score (nSPS) is 14.8. The van der Waals surface area contributed by atoms with Crippen LogP contribution in [0.1, 0.15) is 12.8 Å². The maximum absolute atomic E-state index is 13.3. The lowest BCUT2D eigenvalue weighted by molar-refractivity contribution is 0.00985. The van der Waals surface area contributed by atoms with Crippen LogP contribution in [0.25, 0.3) is 0 Å². The molecule has 4 nitrogen and oxygen atoms in total. The zero-order valence-electron chi connectivity index (χ0n) is 9.30. The summed E-state index contributed by atoms with van der Waals surface area (Å²) >= 11 is 0. The van der Waals surface area contributed by atoms with Crippen LogP contribution in [0.4, 0.5) is 4.39 Å². The van der Waals surface area contributed by atoms with Gasteiger partial charge in [0.1, 0.15) is 11.6 Å². The van der Waals surface area contributed by atoms with E-state index in [1.165, 1.54) is 25.0 Å². The van der Waals surface area contributed by atoms with Crippen LogP contribution in [-0.2, 0) is 4.74 Å². The smallest absolute Gasteiger partial charge is 0.467 e. The average Bonchev–Trinajstić information content (AvgIpc) is 3.08. The van der Waals surface area contributed by atoms with Gasteiger partial charge >= 0.3 is 7.12 Å². The van der Waals surface area contributed by atoms with Gasteiger partial charge in [0.05, 0.1) is 6.61 Å². The third-order valence-corrected chi connectivity index (χ3v) is 2.61. The summed E-state index contributed by atoms with van der Waals surface area (Å²) in [6.07, 6.45) is 2.41. The average molecular weight is 240 g/mol.